The monoisotopic (exact) mass is 1220 g/mol. The van der Waals surface area contributed by atoms with Crippen LogP contribution in [0.5, 0.6) is 0 Å². The second kappa shape index (κ2) is 70.8. The minimum absolute atomic E-state index is 0.0479. The van der Waals surface area contributed by atoms with E-state index in [9.17, 15) is 19.0 Å². The van der Waals surface area contributed by atoms with Crippen LogP contribution in [0.15, 0.2) is 109 Å². The summed E-state index contributed by atoms with van der Waals surface area (Å²) in [7, 11) is -4.40. The molecule has 0 bridgehead atoms. The third-order valence-electron chi connectivity index (χ3n) is 15.4. The molecule has 0 aromatic heterocycles. The van der Waals surface area contributed by atoms with E-state index < -0.39 is 26.5 Å². The van der Waals surface area contributed by atoms with E-state index in [1.54, 1.807) is 0 Å². The number of ether oxygens (including phenoxy) is 2. The van der Waals surface area contributed by atoms with Crippen molar-refractivity contribution < 1.29 is 37.6 Å². The Morgan fingerprint density at radius 2 is 0.640 bits per heavy atom. The van der Waals surface area contributed by atoms with Crippen LogP contribution in [0, 0.1) is 0 Å². The Bertz CT molecular complexity index is 1780. The van der Waals surface area contributed by atoms with Gasteiger partial charge in [-0.05, 0) is 83.5 Å². The highest BCUT2D eigenvalue weighted by atomic mass is 31.2. The van der Waals surface area contributed by atoms with Crippen LogP contribution in [0.25, 0.3) is 0 Å². The highest BCUT2D eigenvalue weighted by molar-refractivity contribution is 7.47. The summed E-state index contributed by atoms with van der Waals surface area (Å²) in [5.74, 6) is -0.833. The summed E-state index contributed by atoms with van der Waals surface area (Å²) in [5.41, 5.74) is 5.40. The zero-order valence-electron chi connectivity index (χ0n) is 55.8. The van der Waals surface area contributed by atoms with Crippen LogP contribution >= 0.6 is 7.82 Å². The molecule has 0 aliphatic heterocycles. The van der Waals surface area contributed by atoms with Crippen LogP contribution < -0.4 is 5.73 Å². The lowest BCUT2D eigenvalue weighted by molar-refractivity contribution is -0.161. The number of phosphoric acid groups is 1. The van der Waals surface area contributed by atoms with Crippen LogP contribution in [0.3, 0.4) is 0 Å². The number of rotatable bonds is 67. The molecule has 0 fully saturated rings. The lowest BCUT2D eigenvalue weighted by Gasteiger charge is -2.19. The summed E-state index contributed by atoms with van der Waals surface area (Å²) in [6.07, 6.45) is 97.6. The van der Waals surface area contributed by atoms with Crippen molar-refractivity contribution in [1.82, 2.24) is 0 Å². The Labute approximate surface area is 530 Å². The van der Waals surface area contributed by atoms with Gasteiger partial charge >= 0.3 is 19.8 Å². The summed E-state index contributed by atoms with van der Waals surface area (Å²) in [4.78, 5) is 35.4. The number of allylic oxidation sites excluding steroid dienone is 18. The Kier molecular flexibility index (Phi) is 68.0. The first-order chi connectivity index (χ1) is 42.3. The number of phosphoric ester groups is 1. The Morgan fingerprint density at radius 3 is 0.953 bits per heavy atom. The van der Waals surface area contributed by atoms with Gasteiger partial charge in [-0.3, -0.25) is 18.6 Å². The Balaban J connectivity index is 3.92. The second-order valence-corrected chi connectivity index (χ2v) is 25.2. The fourth-order valence-electron chi connectivity index (χ4n) is 10.2. The highest BCUT2D eigenvalue weighted by Gasteiger charge is 2.26. The smallest absolute Gasteiger partial charge is 0.462 e. The van der Waals surface area contributed by atoms with Gasteiger partial charge in [0, 0.05) is 19.4 Å². The third kappa shape index (κ3) is 69.8. The van der Waals surface area contributed by atoms with Crippen LogP contribution in [0.1, 0.15) is 328 Å². The molecule has 10 heteroatoms. The number of unbranched alkanes of at least 4 members (excludes halogenated alkanes) is 36. The number of esters is 2. The Morgan fingerprint density at radius 1 is 0.360 bits per heavy atom. The minimum atomic E-state index is -4.40. The standard InChI is InChI=1S/C76H134NO8P/c1-3-5-7-9-11-13-15-17-19-21-23-25-27-29-31-33-35-36-37-38-39-41-43-45-47-49-51-53-55-57-59-61-63-65-67-69-76(79)85-74(73-84-86(80,81)83-71-70-77)72-82-75(78)68-66-64-62-60-58-56-54-52-50-48-46-44-42-40-34-32-30-28-26-24-22-20-18-16-14-12-10-8-6-4-2/h5,7,11,13,17,19,23,25,29,31,35-36,38-39,43,45,49,51,74H,3-4,6,8-10,12,14-16,18,20-22,24,26-28,30,32-34,37,40-42,44,46-48,50,52-73,77H2,1-2H3,(H,80,81)/b7-5-,13-11-,19-17-,25-23-,31-29-,36-35-,39-38-,45-43-,51-49-. The topological polar surface area (TPSA) is 134 Å². The number of hydrogen-bond acceptors (Lipinski definition) is 8. The first-order valence-electron chi connectivity index (χ1n) is 35.9. The van der Waals surface area contributed by atoms with Gasteiger partial charge < -0.3 is 20.1 Å². The fraction of sp³-hybridized carbons (Fsp3) is 0.737. The fourth-order valence-corrected chi connectivity index (χ4v) is 10.9. The molecular formula is C76H134NO8P. The number of carbonyl (C=O) groups is 2. The van der Waals surface area contributed by atoms with Gasteiger partial charge in [-0.25, -0.2) is 4.57 Å². The molecule has 0 rings (SSSR count). The average Bonchev–Trinajstić information content (AvgIpc) is 3.59. The molecule has 3 N–H and O–H groups in total. The summed E-state index contributed by atoms with van der Waals surface area (Å²) in [6.45, 7) is 3.66. The zero-order valence-corrected chi connectivity index (χ0v) is 56.7. The molecule has 0 radical (unpaired) electrons. The summed E-state index contributed by atoms with van der Waals surface area (Å²) >= 11 is 0. The quantitative estimate of drug-likeness (QED) is 0.0264. The van der Waals surface area contributed by atoms with Gasteiger partial charge in [-0.1, -0.05) is 342 Å². The SMILES string of the molecule is CC/C=C\C/C=C\C/C=C\C/C=C\C/C=C\C/C=C\C/C=C\C/C=C\C/C=C\CCCCCCCCCC(=O)OC(COC(=O)CCCCCCCCCCCCCCCCCCCCCCCCCCCCCCCC)COP(=O)(O)OCCN. The van der Waals surface area contributed by atoms with E-state index in [4.69, 9.17) is 24.3 Å². The largest absolute Gasteiger partial charge is 0.472 e. The van der Waals surface area contributed by atoms with E-state index in [2.05, 4.69) is 123 Å². The third-order valence-corrected chi connectivity index (χ3v) is 16.4. The van der Waals surface area contributed by atoms with Gasteiger partial charge in [-0.2, -0.15) is 0 Å². The predicted octanol–water partition coefficient (Wildman–Crippen LogP) is 23.7. The molecule has 0 aromatic carbocycles. The van der Waals surface area contributed by atoms with E-state index in [0.29, 0.717) is 6.42 Å². The first kappa shape index (κ1) is 82.7. The van der Waals surface area contributed by atoms with Crippen molar-refractivity contribution in [3.63, 3.8) is 0 Å². The lowest BCUT2D eigenvalue weighted by Crippen LogP contribution is -2.29. The van der Waals surface area contributed by atoms with Gasteiger partial charge in [0.25, 0.3) is 0 Å². The van der Waals surface area contributed by atoms with E-state index in [-0.39, 0.29) is 38.6 Å². The lowest BCUT2D eigenvalue weighted by atomic mass is 10.0. The molecular weight excluding hydrogens is 1090 g/mol. The minimum Gasteiger partial charge on any atom is -0.462 e. The molecule has 86 heavy (non-hydrogen) atoms. The van der Waals surface area contributed by atoms with E-state index >= 15 is 0 Å². The Hall–Kier alpha value is -3.33. The summed E-state index contributed by atoms with van der Waals surface area (Å²) in [6, 6.07) is 0. The van der Waals surface area contributed by atoms with E-state index in [1.807, 2.05) is 0 Å². The molecule has 0 aliphatic rings. The molecule has 0 heterocycles. The van der Waals surface area contributed by atoms with Crippen molar-refractivity contribution >= 4 is 19.8 Å². The number of carbonyl (C=O) groups excluding carboxylic acids is 2. The maximum Gasteiger partial charge on any atom is 0.472 e. The molecule has 2 atom stereocenters. The summed E-state index contributed by atoms with van der Waals surface area (Å²) < 4.78 is 33.2. The molecule has 0 spiro atoms. The number of nitrogens with two attached hydrogens (primary N) is 1. The van der Waals surface area contributed by atoms with Crippen molar-refractivity contribution in [2.24, 2.45) is 5.73 Å². The van der Waals surface area contributed by atoms with Crippen LogP contribution in [0.2, 0.25) is 0 Å². The van der Waals surface area contributed by atoms with Gasteiger partial charge in [0.05, 0.1) is 13.2 Å². The van der Waals surface area contributed by atoms with Gasteiger partial charge in [0.2, 0.25) is 0 Å². The average molecular weight is 1220 g/mol. The summed E-state index contributed by atoms with van der Waals surface area (Å²) in [5, 5.41) is 0. The van der Waals surface area contributed by atoms with Crippen molar-refractivity contribution in [1.29, 1.82) is 0 Å². The van der Waals surface area contributed by atoms with Crippen LogP contribution in [-0.4, -0.2) is 49.3 Å². The molecule has 0 saturated heterocycles. The highest BCUT2D eigenvalue weighted by Crippen LogP contribution is 2.43. The second-order valence-electron chi connectivity index (χ2n) is 23.7. The maximum atomic E-state index is 12.8. The molecule has 0 aliphatic carbocycles. The zero-order chi connectivity index (χ0) is 62.3. The molecule has 0 saturated carbocycles. The van der Waals surface area contributed by atoms with Gasteiger partial charge in [-0.15, -0.1) is 0 Å². The van der Waals surface area contributed by atoms with E-state index in [0.717, 1.165) is 103 Å². The molecule has 9 nitrogen and oxygen atoms in total. The molecule has 2 unspecified atom stereocenters. The van der Waals surface area contributed by atoms with Crippen LogP contribution in [0.4, 0.5) is 0 Å². The van der Waals surface area contributed by atoms with Crippen molar-refractivity contribution in [2.45, 2.75) is 335 Å². The first-order valence-corrected chi connectivity index (χ1v) is 37.4. The normalized spacial score (nSPS) is 13.6. The van der Waals surface area contributed by atoms with Crippen molar-refractivity contribution in [3.05, 3.63) is 109 Å². The van der Waals surface area contributed by atoms with Crippen molar-refractivity contribution in [2.75, 3.05) is 26.4 Å². The van der Waals surface area contributed by atoms with Crippen LogP contribution in [-0.2, 0) is 32.7 Å². The van der Waals surface area contributed by atoms with Gasteiger partial charge in [0.1, 0.15) is 6.61 Å². The maximum absolute atomic E-state index is 12.8. The molecule has 0 amide bonds. The number of hydrogen-bond donors (Lipinski definition) is 2. The van der Waals surface area contributed by atoms with Gasteiger partial charge in [0.15, 0.2) is 6.10 Å². The molecule has 496 valence electrons. The van der Waals surface area contributed by atoms with Crippen molar-refractivity contribution in [3.8, 4) is 0 Å². The predicted molar refractivity (Wildman–Crippen MR) is 371 cm³/mol. The molecule has 0 aromatic rings. The van der Waals surface area contributed by atoms with E-state index in [1.165, 1.54) is 193 Å².